The number of halogens is 3. The lowest BCUT2D eigenvalue weighted by Gasteiger charge is -2.09. The van der Waals surface area contributed by atoms with Gasteiger partial charge in [0.05, 0.1) is 16.7 Å². The normalized spacial score (nSPS) is 11.2. The summed E-state index contributed by atoms with van der Waals surface area (Å²) in [6.45, 7) is 0. The molecule has 0 aliphatic heterocycles. The Balaban J connectivity index is 2.29. The number of para-hydroxylation sites is 2. The van der Waals surface area contributed by atoms with Crippen molar-refractivity contribution in [3.05, 3.63) is 59.1 Å². The maximum absolute atomic E-state index is 13.6. The molecule has 2 nitrogen and oxygen atoms in total. The van der Waals surface area contributed by atoms with Crippen molar-refractivity contribution in [3.63, 3.8) is 0 Å². The largest absolute Gasteiger partial charge is 0.296 e. The minimum Gasteiger partial charge on any atom is -0.296 e. The van der Waals surface area contributed by atoms with Crippen LogP contribution in [0.4, 0.5) is 4.39 Å². The van der Waals surface area contributed by atoms with Gasteiger partial charge in [-0.15, -0.1) is 11.6 Å². The van der Waals surface area contributed by atoms with Crippen molar-refractivity contribution in [2.75, 3.05) is 5.88 Å². The number of benzene rings is 2. The monoisotopic (exact) mass is 308 g/mol. The molecule has 0 fully saturated rings. The second kappa shape index (κ2) is 5.43. The SMILES string of the molecule is Fc1cc(Cl)cc(-n2c(CCCl)nc3ccccc32)c1. The molecule has 0 bridgehead atoms. The standard InChI is InChI=1S/C15H11Cl2FN2/c16-6-5-15-19-13-3-1-2-4-14(13)20(15)12-8-10(17)7-11(18)9-12/h1-4,7-9H,5-6H2. The molecule has 1 heterocycles. The quantitative estimate of drug-likeness (QED) is 0.647. The van der Waals surface area contributed by atoms with E-state index in [0.717, 1.165) is 16.9 Å². The zero-order chi connectivity index (χ0) is 14.1. The Kier molecular flexibility index (Phi) is 3.64. The Bertz CT molecular complexity index is 747. The third-order valence-electron chi connectivity index (χ3n) is 3.05. The molecule has 102 valence electrons. The van der Waals surface area contributed by atoms with Gasteiger partial charge in [0.2, 0.25) is 0 Å². The van der Waals surface area contributed by atoms with Gasteiger partial charge in [0.25, 0.3) is 0 Å². The van der Waals surface area contributed by atoms with Crippen LogP contribution < -0.4 is 0 Å². The lowest BCUT2D eigenvalue weighted by Crippen LogP contribution is -2.02. The molecule has 0 N–H and O–H groups in total. The van der Waals surface area contributed by atoms with Crippen molar-refractivity contribution >= 4 is 34.2 Å². The van der Waals surface area contributed by atoms with Crippen LogP contribution in [0.3, 0.4) is 0 Å². The van der Waals surface area contributed by atoms with E-state index in [4.69, 9.17) is 23.2 Å². The molecular formula is C15H11Cl2FN2. The van der Waals surface area contributed by atoms with E-state index in [0.29, 0.717) is 23.0 Å². The highest BCUT2D eigenvalue weighted by Gasteiger charge is 2.12. The highest BCUT2D eigenvalue weighted by Crippen LogP contribution is 2.25. The molecule has 0 saturated heterocycles. The van der Waals surface area contributed by atoms with E-state index in [2.05, 4.69) is 4.98 Å². The topological polar surface area (TPSA) is 17.8 Å². The summed E-state index contributed by atoms with van der Waals surface area (Å²) in [4.78, 5) is 4.55. The number of hydrogen-bond acceptors (Lipinski definition) is 1. The first kappa shape index (κ1) is 13.4. The highest BCUT2D eigenvalue weighted by atomic mass is 35.5. The molecule has 0 spiro atoms. The number of fused-ring (bicyclic) bond motifs is 1. The first-order valence-electron chi connectivity index (χ1n) is 6.18. The Morgan fingerprint density at radius 3 is 2.70 bits per heavy atom. The van der Waals surface area contributed by atoms with Crippen LogP contribution in [0.2, 0.25) is 5.02 Å². The molecule has 5 heteroatoms. The number of nitrogens with zero attached hydrogens (tertiary/aromatic N) is 2. The van der Waals surface area contributed by atoms with Crippen molar-refractivity contribution in [2.45, 2.75) is 6.42 Å². The van der Waals surface area contributed by atoms with E-state index in [1.807, 2.05) is 28.8 Å². The number of rotatable bonds is 3. The Labute approximate surface area is 125 Å². The smallest absolute Gasteiger partial charge is 0.126 e. The van der Waals surface area contributed by atoms with Gasteiger partial charge in [-0.25, -0.2) is 9.37 Å². The summed E-state index contributed by atoms with van der Waals surface area (Å²) >= 11 is 11.8. The van der Waals surface area contributed by atoms with Gasteiger partial charge in [-0.1, -0.05) is 23.7 Å². The summed E-state index contributed by atoms with van der Waals surface area (Å²) in [7, 11) is 0. The van der Waals surface area contributed by atoms with Crippen molar-refractivity contribution in [1.29, 1.82) is 0 Å². The first-order chi connectivity index (χ1) is 9.69. The van der Waals surface area contributed by atoms with Gasteiger partial charge < -0.3 is 0 Å². The summed E-state index contributed by atoms with van der Waals surface area (Å²) in [6, 6.07) is 12.2. The molecule has 20 heavy (non-hydrogen) atoms. The van der Waals surface area contributed by atoms with E-state index < -0.39 is 0 Å². The van der Waals surface area contributed by atoms with Crippen LogP contribution >= 0.6 is 23.2 Å². The summed E-state index contributed by atoms with van der Waals surface area (Å²) in [5, 5.41) is 0.356. The summed E-state index contributed by atoms with van der Waals surface area (Å²) in [5.74, 6) is 0.872. The molecule has 3 aromatic rings. The van der Waals surface area contributed by atoms with Crippen LogP contribution in [-0.4, -0.2) is 15.4 Å². The van der Waals surface area contributed by atoms with Crippen LogP contribution in [0.15, 0.2) is 42.5 Å². The van der Waals surface area contributed by atoms with Crippen LogP contribution in [0.1, 0.15) is 5.82 Å². The van der Waals surface area contributed by atoms with E-state index >= 15 is 0 Å². The third-order valence-corrected chi connectivity index (χ3v) is 3.46. The molecule has 3 rings (SSSR count). The van der Waals surface area contributed by atoms with Gasteiger partial charge in [-0.2, -0.15) is 0 Å². The molecule has 2 aromatic carbocycles. The van der Waals surface area contributed by atoms with Crippen molar-refractivity contribution < 1.29 is 4.39 Å². The zero-order valence-electron chi connectivity index (χ0n) is 10.5. The molecule has 0 aliphatic rings. The fourth-order valence-electron chi connectivity index (χ4n) is 2.28. The van der Waals surface area contributed by atoms with Crippen molar-refractivity contribution in [3.8, 4) is 5.69 Å². The minimum absolute atomic E-state index is 0.356. The lowest BCUT2D eigenvalue weighted by molar-refractivity contribution is 0.626. The van der Waals surface area contributed by atoms with E-state index in [1.54, 1.807) is 6.07 Å². The Hall–Kier alpha value is -1.58. The number of aromatic nitrogens is 2. The van der Waals surface area contributed by atoms with E-state index in [1.165, 1.54) is 12.1 Å². The number of imidazole rings is 1. The fourth-order valence-corrected chi connectivity index (χ4v) is 2.67. The van der Waals surface area contributed by atoms with Gasteiger partial charge in [0, 0.05) is 17.3 Å². The average Bonchev–Trinajstić information content (AvgIpc) is 2.76. The zero-order valence-corrected chi connectivity index (χ0v) is 12.0. The van der Waals surface area contributed by atoms with Gasteiger partial charge in [-0.3, -0.25) is 4.57 Å². The molecular weight excluding hydrogens is 298 g/mol. The Morgan fingerprint density at radius 2 is 1.95 bits per heavy atom. The molecule has 1 aromatic heterocycles. The summed E-state index contributed by atoms with van der Waals surface area (Å²) in [5.41, 5.74) is 2.42. The third kappa shape index (κ3) is 2.39. The molecule has 0 atom stereocenters. The number of alkyl halides is 1. The number of hydrogen-bond donors (Lipinski definition) is 0. The summed E-state index contributed by atoms with van der Waals surface area (Å²) in [6.07, 6.45) is 0.602. The molecule has 0 unspecified atom stereocenters. The maximum Gasteiger partial charge on any atom is 0.126 e. The van der Waals surface area contributed by atoms with Crippen molar-refractivity contribution in [1.82, 2.24) is 9.55 Å². The van der Waals surface area contributed by atoms with Gasteiger partial charge in [0.1, 0.15) is 11.6 Å². The first-order valence-corrected chi connectivity index (χ1v) is 7.09. The predicted octanol–water partition coefficient (Wildman–Crippen LogP) is 4.60. The molecule has 0 aliphatic carbocycles. The van der Waals surface area contributed by atoms with Gasteiger partial charge in [-0.05, 0) is 30.3 Å². The second-order valence-corrected chi connectivity index (χ2v) is 5.23. The maximum atomic E-state index is 13.6. The summed E-state index contributed by atoms with van der Waals surface area (Å²) < 4.78 is 15.5. The highest BCUT2D eigenvalue weighted by molar-refractivity contribution is 6.30. The molecule has 0 amide bonds. The van der Waals surface area contributed by atoms with Crippen LogP contribution in [-0.2, 0) is 6.42 Å². The lowest BCUT2D eigenvalue weighted by atomic mass is 10.2. The van der Waals surface area contributed by atoms with Crippen LogP contribution in [0.5, 0.6) is 0 Å². The minimum atomic E-state index is -0.373. The van der Waals surface area contributed by atoms with Gasteiger partial charge in [0.15, 0.2) is 0 Å². The fraction of sp³-hybridized carbons (Fsp3) is 0.133. The number of aryl methyl sites for hydroxylation is 1. The van der Waals surface area contributed by atoms with Crippen LogP contribution in [0.25, 0.3) is 16.7 Å². The van der Waals surface area contributed by atoms with Crippen molar-refractivity contribution in [2.24, 2.45) is 0 Å². The Morgan fingerprint density at radius 1 is 1.15 bits per heavy atom. The van der Waals surface area contributed by atoms with Crippen LogP contribution in [0, 0.1) is 5.82 Å². The van der Waals surface area contributed by atoms with Gasteiger partial charge >= 0.3 is 0 Å². The predicted molar refractivity (Wildman–Crippen MR) is 80.5 cm³/mol. The van der Waals surface area contributed by atoms with E-state index in [-0.39, 0.29) is 5.82 Å². The van der Waals surface area contributed by atoms with E-state index in [9.17, 15) is 4.39 Å². The second-order valence-electron chi connectivity index (χ2n) is 4.42. The molecule has 0 saturated carbocycles. The molecule has 0 radical (unpaired) electrons. The average molecular weight is 309 g/mol.